The fraction of sp³-hybridized carbons (Fsp3) is 0.250. The van der Waals surface area contributed by atoms with Crippen LogP contribution in [0.3, 0.4) is 0 Å². The van der Waals surface area contributed by atoms with Gasteiger partial charge >= 0.3 is 12.3 Å². The molecule has 0 saturated carbocycles. The van der Waals surface area contributed by atoms with Crippen molar-refractivity contribution >= 4 is 29.3 Å². The van der Waals surface area contributed by atoms with Crippen LogP contribution in [0.5, 0.6) is 0 Å². The second-order valence-electron chi connectivity index (χ2n) is 6.69. The average Bonchev–Trinajstić information content (AvgIpc) is 2.71. The molecule has 0 aromatic heterocycles. The fourth-order valence-corrected chi connectivity index (χ4v) is 2.53. The van der Waals surface area contributed by atoms with Gasteiger partial charge in [0.2, 0.25) is 5.91 Å². The first-order valence-corrected chi connectivity index (χ1v) is 9.07. The number of carboxylic acid groups (broad SMARTS) is 1. The Kier molecular flexibility index (Phi) is 7.46. The van der Waals surface area contributed by atoms with Crippen LogP contribution >= 0.6 is 0 Å². The number of halogens is 3. The lowest BCUT2D eigenvalue weighted by Gasteiger charge is -2.21. The maximum Gasteiger partial charge on any atom is 0.416 e. The van der Waals surface area contributed by atoms with Gasteiger partial charge in [-0.25, -0.2) is 4.79 Å². The summed E-state index contributed by atoms with van der Waals surface area (Å²) in [4.78, 5) is 36.3. The smallest absolute Gasteiger partial charge is 0.416 e. The van der Waals surface area contributed by atoms with E-state index in [2.05, 4.69) is 16.2 Å². The molecule has 2 aromatic carbocycles. The van der Waals surface area contributed by atoms with Gasteiger partial charge in [0.1, 0.15) is 0 Å². The first-order valence-electron chi connectivity index (χ1n) is 9.07. The average molecular weight is 438 g/mol. The quantitative estimate of drug-likeness (QED) is 0.515. The summed E-state index contributed by atoms with van der Waals surface area (Å²) >= 11 is 0. The summed E-state index contributed by atoms with van der Waals surface area (Å²) in [6.45, 7) is 1.54. The molecule has 0 fully saturated rings. The number of nitrogens with one attached hydrogen (secondary N) is 3. The number of hydrogen-bond donors (Lipinski definition) is 4. The molecule has 3 amide bonds. The van der Waals surface area contributed by atoms with Gasteiger partial charge in [0.15, 0.2) is 0 Å². The Hall–Kier alpha value is -3.76. The van der Waals surface area contributed by atoms with Crippen molar-refractivity contribution in [3.05, 3.63) is 59.7 Å². The van der Waals surface area contributed by atoms with Gasteiger partial charge in [-0.3, -0.25) is 20.4 Å². The molecule has 0 spiro atoms. The van der Waals surface area contributed by atoms with E-state index < -0.39 is 35.7 Å². The Bertz CT molecular complexity index is 948. The molecule has 0 bridgehead atoms. The highest BCUT2D eigenvalue weighted by atomic mass is 19.4. The van der Waals surface area contributed by atoms with Crippen LogP contribution in [-0.2, 0) is 11.0 Å². The number of para-hydroxylation sites is 1. The van der Waals surface area contributed by atoms with Crippen molar-refractivity contribution in [3.63, 3.8) is 0 Å². The van der Waals surface area contributed by atoms with E-state index in [1.807, 2.05) is 0 Å². The van der Waals surface area contributed by atoms with E-state index in [1.54, 1.807) is 25.1 Å². The number of carbonyl (C=O) groups is 3. The molecule has 2 rings (SSSR count). The second kappa shape index (κ2) is 9.83. The number of amides is 3. The lowest BCUT2D eigenvalue weighted by atomic mass is 10.1. The molecular weight excluding hydrogens is 417 g/mol. The minimum absolute atomic E-state index is 0.137. The topological polar surface area (TPSA) is 111 Å². The van der Waals surface area contributed by atoms with Crippen LogP contribution < -0.4 is 16.2 Å². The van der Waals surface area contributed by atoms with Gasteiger partial charge in [0, 0.05) is 25.2 Å². The molecular formula is C20H21F3N4O4. The van der Waals surface area contributed by atoms with Crippen LogP contribution in [0.15, 0.2) is 48.5 Å². The highest BCUT2D eigenvalue weighted by molar-refractivity contribution is 6.01. The van der Waals surface area contributed by atoms with Crippen LogP contribution in [-0.4, -0.2) is 41.0 Å². The first-order chi connectivity index (χ1) is 14.5. The number of carbonyl (C=O) groups excluding carboxylic acids is 2. The van der Waals surface area contributed by atoms with Crippen LogP contribution in [0.25, 0.3) is 0 Å². The van der Waals surface area contributed by atoms with Crippen LogP contribution in [0, 0.1) is 0 Å². The summed E-state index contributed by atoms with van der Waals surface area (Å²) in [5, 5.41) is 11.8. The summed E-state index contributed by atoms with van der Waals surface area (Å²) in [5.41, 5.74) is 4.43. The second-order valence-corrected chi connectivity index (χ2v) is 6.69. The number of benzene rings is 2. The van der Waals surface area contributed by atoms with Crippen molar-refractivity contribution in [3.8, 4) is 0 Å². The maximum absolute atomic E-state index is 12.7. The Morgan fingerprint density at radius 2 is 1.65 bits per heavy atom. The van der Waals surface area contributed by atoms with Crippen LogP contribution in [0.4, 0.5) is 29.3 Å². The molecule has 166 valence electrons. The Labute approximate surface area is 176 Å². The number of alkyl halides is 3. The third-order valence-electron chi connectivity index (χ3n) is 4.42. The van der Waals surface area contributed by atoms with E-state index in [-0.39, 0.29) is 12.0 Å². The van der Waals surface area contributed by atoms with Gasteiger partial charge in [0.25, 0.3) is 5.91 Å². The highest BCUT2D eigenvalue weighted by Crippen LogP contribution is 2.30. The van der Waals surface area contributed by atoms with Crippen molar-refractivity contribution in [2.45, 2.75) is 25.6 Å². The Morgan fingerprint density at radius 3 is 2.23 bits per heavy atom. The summed E-state index contributed by atoms with van der Waals surface area (Å²) in [6.07, 6.45) is -5.81. The predicted molar refractivity (Wildman–Crippen MR) is 107 cm³/mol. The van der Waals surface area contributed by atoms with Gasteiger partial charge in [-0.05, 0) is 43.3 Å². The Morgan fingerprint density at radius 1 is 1.03 bits per heavy atom. The first kappa shape index (κ1) is 23.5. The summed E-state index contributed by atoms with van der Waals surface area (Å²) in [7, 11) is 1.32. The molecule has 8 nitrogen and oxygen atoms in total. The molecule has 31 heavy (non-hydrogen) atoms. The molecule has 0 aliphatic carbocycles. The van der Waals surface area contributed by atoms with Crippen molar-refractivity contribution in [2.75, 3.05) is 12.4 Å². The zero-order valence-electron chi connectivity index (χ0n) is 16.7. The number of nitrogens with zero attached hydrogens (tertiary/aromatic N) is 1. The number of hydrazine groups is 1. The molecule has 0 saturated heterocycles. The van der Waals surface area contributed by atoms with Gasteiger partial charge in [0.05, 0.1) is 16.8 Å². The highest BCUT2D eigenvalue weighted by Gasteiger charge is 2.30. The van der Waals surface area contributed by atoms with Gasteiger partial charge < -0.3 is 15.3 Å². The fourth-order valence-electron chi connectivity index (χ4n) is 2.53. The molecule has 0 heterocycles. The van der Waals surface area contributed by atoms with E-state index in [0.717, 1.165) is 17.0 Å². The van der Waals surface area contributed by atoms with Crippen molar-refractivity contribution in [2.24, 2.45) is 0 Å². The van der Waals surface area contributed by atoms with E-state index in [1.165, 1.54) is 25.2 Å². The zero-order chi connectivity index (χ0) is 23.2. The van der Waals surface area contributed by atoms with Gasteiger partial charge in [-0.2, -0.15) is 13.2 Å². The third-order valence-corrected chi connectivity index (χ3v) is 4.42. The minimum Gasteiger partial charge on any atom is -0.465 e. The normalized spacial score (nSPS) is 11.9. The van der Waals surface area contributed by atoms with E-state index in [0.29, 0.717) is 11.4 Å². The van der Waals surface area contributed by atoms with Gasteiger partial charge in [-0.15, -0.1) is 0 Å². The van der Waals surface area contributed by atoms with Crippen molar-refractivity contribution < 1.29 is 32.7 Å². The van der Waals surface area contributed by atoms with Crippen molar-refractivity contribution in [1.82, 2.24) is 15.8 Å². The van der Waals surface area contributed by atoms with E-state index in [4.69, 9.17) is 5.11 Å². The molecule has 0 aliphatic rings. The molecule has 0 aliphatic heterocycles. The molecule has 2 aromatic rings. The standard InChI is InChI=1S/C20H21F3N4O4/c1-12(27(2)19(30)31)11-17(28)25-26-18(29)15-5-3-4-6-16(15)24-14-9-7-13(8-10-14)20(21,22)23/h3-10,12,24H,11H2,1-2H3,(H,25,28)(H,26,29)(H,30,31). The van der Waals surface area contributed by atoms with Crippen molar-refractivity contribution in [1.29, 1.82) is 0 Å². The number of anilines is 2. The van der Waals surface area contributed by atoms with E-state index in [9.17, 15) is 27.6 Å². The monoisotopic (exact) mass is 438 g/mol. The minimum atomic E-state index is -4.45. The maximum atomic E-state index is 12.7. The molecule has 1 unspecified atom stereocenters. The Balaban J connectivity index is 2.02. The summed E-state index contributed by atoms with van der Waals surface area (Å²) in [6, 6.07) is 9.93. The molecule has 4 N–H and O–H groups in total. The molecule has 0 radical (unpaired) electrons. The van der Waals surface area contributed by atoms with Crippen LogP contribution in [0.2, 0.25) is 0 Å². The van der Waals surface area contributed by atoms with E-state index >= 15 is 0 Å². The number of rotatable bonds is 6. The lowest BCUT2D eigenvalue weighted by molar-refractivity contribution is -0.137. The molecule has 1 atom stereocenters. The largest absolute Gasteiger partial charge is 0.465 e. The van der Waals surface area contributed by atoms with Crippen LogP contribution in [0.1, 0.15) is 29.3 Å². The summed E-state index contributed by atoms with van der Waals surface area (Å²) in [5.74, 6) is -1.26. The lowest BCUT2D eigenvalue weighted by Crippen LogP contribution is -2.45. The third kappa shape index (κ3) is 6.63. The summed E-state index contributed by atoms with van der Waals surface area (Å²) < 4.78 is 38.1. The number of hydrogen-bond acceptors (Lipinski definition) is 4. The predicted octanol–water partition coefficient (Wildman–Crippen LogP) is 3.60. The van der Waals surface area contributed by atoms with Gasteiger partial charge in [-0.1, -0.05) is 12.1 Å². The zero-order valence-corrected chi connectivity index (χ0v) is 16.7. The molecule has 11 heteroatoms. The SMILES string of the molecule is CC(CC(=O)NNC(=O)c1ccccc1Nc1ccc(C(F)(F)F)cc1)N(C)C(=O)O.